The molecule has 2 aromatic carbocycles. The first-order valence-corrected chi connectivity index (χ1v) is 10.5. The van der Waals surface area contributed by atoms with Gasteiger partial charge in [0.1, 0.15) is 0 Å². The third-order valence-electron chi connectivity index (χ3n) is 5.77. The van der Waals surface area contributed by atoms with Crippen LogP contribution in [0.25, 0.3) is 0 Å². The van der Waals surface area contributed by atoms with Gasteiger partial charge in [0.2, 0.25) is 11.6 Å². The molecule has 7 heteroatoms. The van der Waals surface area contributed by atoms with E-state index >= 15 is 0 Å². The minimum atomic E-state index is -1.34. The number of hydrogen-bond acceptors (Lipinski definition) is 3. The molecule has 2 atom stereocenters. The molecule has 1 saturated heterocycles. The minimum absolute atomic E-state index is 0.146. The van der Waals surface area contributed by atoms with Crippen LogP contribution < -0.4 is 10.2 Å². The fourth-order valence-electron chi connectivity index (χ4n) is 4.42. The number of benzene rings is 2. The number of nitrogens with zero attached hydrogens (tertiary/aromatic N) is 2. The number of hydrogen-bond donors (Lipinski definition) is 1. The predicted molar refractivity (Wildman–Crippen MR) is 113 cm³/mol. The minimum Gasteiger partial charge on any atom is -0.346 e. The van der Waals surface area contributed by atoms with Gasteiger partial charge in [-0.2, -0.15) is 0 Å². The van der Waals surface area contributed by atoms with E-state index in [1.165, 1.54) is 9.80 Å². The summed E-state index contributed by atoms with van der Waals surface area (Å²) < 4.78 is 0.891. The van der Waals surface area contributed by atoms with Gasteiger partial charge in [-0.15, -0.1) is 0 Å². The molecule has 6 nitrogen and oxygen atoms in total. The summed E-state index contributed by atoms with van der Waals surface area (Å²) in [7, 11) is 0. The van der Waals surface area contributed by atoms with Gasteiger partial charge in [0, 0.05) is 23.9 Å². The van der Waals surface area contributed by atoms with Gasteiger partial charge < -0.3 is 10.2 Å². The first kappa shape index (κ1) is 19.6. The van der Waals surface area contributed by atoms with Crippen molar-refractivity contribution in [2.45, 2.75) is 38.4 Å². The second-order valence-electron chi connectivity index (χ2n) is 7.33. The Morgan fingerprint density at radius 2 is 1.86 bits per heavy atom. The summed E-state index contributed by atoms with van der Waals surface area (Å²) in [6.07, 6.45) is 0.489. The van der Waals surface area contributed by atoms with Crippen LogP contribution in [-0.2, 0) is 9.59 Å². The quantitative estimate of drug-likeness (QED) is 0.764. The highest BCUT2D eigenvalue weighted by Crippen LogP contribution is 2.44. The van der Waals surface area contributed by atoms with Crippen LogP contribution in [-0.4, -0.2) is 34.8 Å². The Kier molecular flexibility index (Phi) is 4.94. The van der Waals surface area contributed by atoms with Crippen molar-refractivity contribution < 1.29 is 14.4 Å². The second-order valence-corrected chi connectivity index (χ2v) is 8.18. The van der Waals surface area contributed by atoms with Crippen LogP contribution in [0.2, 0.25) is 0 Å². The average molecular weight is 456 g/mol. The first-order valence-electron chi connectivity index (χ1n) is 9.71. The zero-order chi connectivity index (χ0) is 20.8. The molecule has 0 aromatic heterocycles. The lowest BCUT2D eigenvalue weighted by molar-refractivity contribution is -0.134. The third kappa shape index (κ3) is 2.87. The van der Waals surface area contributed by atoms with Crippen molar-refractivity contribution in [2.75, 3.05) is 11.4 Å². The number of fused-ring (bicyclic) bond motifs is 3. The zero-order valence-corrected chi connectivity index (χ0v) is 17.9. The maximum Gasteiger partial charge on any atom is 0.267 e. The lowest BCUT2D eigenvalue weighted by Gasteiger charge is -2.49. The number of nitrogens with one attached hydrogen (secondary N) is 1. The largest absolute Gasteiger partial charge is 0.346 e. The Labute approximate surface area is 178 Å². The van der Waals surface area contributed by atoms with Crippen molar-refractivity contribution in [3.63, 3.8) is 0 Å². The summed E-state index contributed by atoms with van der Waals surface area (Å²) in [5.41, 5.74) is 0.547. The van der Waals surface area contributed by atoms with Gasteiger partial charge >= 0.3 is 0 Å². The van der Waals surface area contributed by atoms with Crippen molar-refractivity contribution in [1.29, 1.82) is 0 Å². The Morgan fingerprint density at radius 1 is 1.17 bits per heavy atom. The Hall–Kier alpha value is -2.67. The average Bonchev–Trinajstić information content (AvgIpc) is 3.07. The topological polar surface area (TPSA) is 69.7 Å². The van der Waals surface area contributed by atoms with Crippen molar-refractivity contribution in [3.8, 4) is 0 Å². The fraction of sp³-hybridized carbons (Fsp3) is 0.318. The number of anilines is 1. The van der Waals surface area contributed by atoms with E-state index in [2.05, 4.69) is 21.2 Å². The fourth-order valence-corrected chi connectivity index (χ4v) is 5.05. The van der Waals surface area contributed by atoms with Gasteiger partial charge in [0.25, 0.3) is 11.8 Å². The molecule has 2 aliphatic heterocycles. The molecule has 1 fully saturated rings. The molecule has 1 N–H and O–H groups in total. The van der Waals surface area contributed by atoms with E-state index in [4.69, 9.17) is 0 Å². The Balaban J connectivity index is 1.77. The molecule has 150 valence electrons. The zero-order valence-electron chi connectivity index (χ0n) is 16.3. The SMILES string of the molecule is CCN1C(=O)c2ccccc2N2C(=O)CC[C@@]12C(=O)N[C@H](C)c1ccccc1Br. The van der Waals surface area contributed by atoms with Crippen LogP contribution in [0, 0.1) is 0 Å². The molecule has 0 radical (unpaired) electrons. The van der Waals surface area contributed by atoms with Crippen LogP contribution in [0.15, 0.2) is 53.0 Å². The highest BCUT2D eigenvalue weighted by atomic mass is 79.9. The van der Waals surface area contributed by atoms with E-state index in [0.717, 1.165) is 10.0 Å². The summed E-state index contributed by atoms with van der Waals surface area (Å²) in [5.74, 6) is -0.707. The summed E-state index contributed by atoms with van der Waals surface area (Å²) >= 11 is 3.52. The van der Waals surface area contributed by atoms with Gasteiger partial charge in [0.15, 0.2) is 0 Å². The standard InChI is InChI=1S/C22H22BrN3O3/c1-3-25-20(28)16-9-5-7-11-18(16)26-19(27)12-13-22(25,26)21(29)24-14(2)15-8-4-6-10-17(15)23/h4-11,14H,3,12-13H2,1-2H3,(H,24,29)/t14-,22-/m1/s1. The first-order chi connectivity index (χ1) is 13.9. The third-order valence-corrected chi connectivity index (χ3v) is 6.50. The van der Waals surface area contributed by atoms with Crippen LogP contribution in [0.5, 0.6) is 0 Å². The van der Waals surface area contributed by atoms with Crippen LogP contribution in [0.1, 0.15) is 48.7 Å². The van der Waals surface area contributed by atoms with E-state index < -0.39 is 5.66 Å². The molecule has 0 bridgehead atoms. The van der Waals surface area contributed by atoms with Crippen LogP contribution >= 0.6 is 15.9 Å². The molecule has 3 amide bonds. The molecule has 0 saturated carbocycles. The summed E-state index contributed by atoms with van der Waals surface area (Å²) in [6.45, 7) is 4.05. The number of likely N-dealkylation sites (N-methyl/N-ethyl adjacent to an activating group) is 1. The molecule has 2 heterocycles. The highest BCUT2D eigenvalue weighted by molar-refractivity contribution is 9.10. The number of carbonyl (C=O) groups excluding carboxylic acids is 3. The Bertz CT molecular complexity index is 1010. The van der Waals surface area contributed by atoms with Crippen LogP contribution in [0.3, 0.4) is 0 Å². The lowest BCUT2D eigenvalue weighted by atomic mass is 9.95. The second kappa shape index (κ2) is 7.30. The van der Waals surface area contributed by atoms with Gasteiger partial charge in [-0.3, -0.25) is 19.3 Å². The monoisotopic (exact) mass is 455 g/mol. The number of para-hydroxylation sites is 1. The maximum absolute atomic E-state index is 13.7. The molecular weight excluding hydrogens is 434 g/mol. The van der Waals surface area contributed by atoms with E-state index in [0.29, 0.717) is 17.8 Å². The molecular formula is C22H22BrN3O3. The molecule has 2 aromatic rings. The number of amides is 3. The molecule has 29 heavy (non-hydrogen) atoms. The number of carbonyl (C=O) groups is 3. The lowest BCUT2D eigenvalue weighted by Crippen LogP contribution is -2.70. The van der Waals surface area contributed by atoms with E-state index in [-0.39, 0.29) is 36.6 Å². The Morgan fingerprint density at radius 3 is 2.59 bits per heavy atom. The molecule has 2 aliphatic rings. The predicted octanol–water partition coefficient (Wildman–Crippen LogP) is 3.63. The molecule has 4 rings (SSSR count). The summed E-state index contributed by atoms with van der Waals surface area (Å²) in [5, 5.41) is 3.05. The van der Waals surface area contributed by atoms with Gasteiger partial charge in [-0.25, -0.2) is 0 Å². The van der Waals surface area contributed by atoms with E-state index in [1.807, 2.05) is 38.1 Å². The summed E-state index contributed by atoms with van der Waals surface area (Å²) in [4.78, 5) is 42.8. The van der Waals surface area contributed by atoms with Crippen molar-refractivity contribution in [3.05, 3.63) is 64.1 Å². The van der Waals surface area contributed by atoms with Crippen molar-refractivity contribution in [2.24, 2.45) is 0 Å². The van der Waals surface area contributed by atoms with E-state index in [1.54, 1.807) is 24.3 Å². The molecule has 0 spiro atoms. The van der Waals surface area contributed by atoms with Gasteiger partial charge in [-0.05, 0) is 37.6 Å². The molecule has 0 unspecified atom stereocenters. The van der Waals surface area contributed by atoms with Crippen LogP contribution in [0.4, 0.5) is 5.69 Å². The van der Waals surface area contributed by atoms with Crippen molar-refractivity contribution >= 4 is 39.3 Å². The number of halogens is 1. The number of rotatable bonds is 4. The summed E-state index contributed by atoms with van der Waals surface area (Å²) in [6, 6.07) is 14.4. The maximum atomic E-state index is 13.7. The highest BCUT2D eigenvalue weighted by Gasteiger charge is 2.60. The van der Waals surface area contributed by atoms with Gasteiger partial charge in [0.05, 0.1) is 17.3 Å². The molecule has 0 aliphatic carbocycles. The van der Waals surface area contributed by atoms with E-state index in [9.17, 15) is 14.4 Å². The van der Waals surface area contributed by atoms with Gasteiger partial charge in [-0.1, -0.05) is 46.3 Å². The van der Waals surface area contributed by atoms with Crippen molar-refractivity contribution in [1.82, 2.24) is 10.2 Å². The normalized spacial score (nSPS) is 21.6. The smallest absolute Gasteiger partial charge is 0.267 e.